The van der Waals surface area contributed by atoms with Crippen molar-refractivity contribution in [1.82, 2.24) is 9.88 Å². The van der Waals surface area contributed by atoms with E-state index in [9.17, 15) is 5.26 Å². The number of nitriles is 1. The van der Waals surface area contributed by atoms with Crippen molar-refractivity contribution in [3.8, 4) is 6.07 Å². The Balaban J connectivity index is 2.10. The first-order chi connectivity index (χ1) is 8.94. The molecule has 0 N–H and O–H groups in total. The average Bonchev–Trinajstić information content (AvgIpc) is 2.77. The second kappa shape index (κ2) is 5.60. The summed E-state index contributed by atoms with van der Waals surface area (Å²) in [6.45, 7) is 10.6. The molecule has 0 bridgehead atoms. The summed E-state index contributed by atoms with van der Waals surface area (Å²) >= 11 is 1.79. The summed E-state index contributed by atoms with van der Waals surface area (Å²) in [5.41, 5.74) is 0.0958. The molecular formula is C15H23N3S. The van der Waals surface area contributed by atoms with Gasteiger partial charge in [-0.25, -0.2) is 4.98 Å². The summed E-state index contributed by atoms with van der Waals surface area (Å²) < 4.78 is 0. The van der Waals surface area contributed by atoms with E-state index in [1.807, 2.05) is 6.20 Å². The van der Waals surface area contributed by atoms with E-state index in [0.29, 0.717) is 5.92 Å². The van der Waals surface area contributed by atoms with Crippen molar-refractivity contribution in [1.29, 1.82) is 5.26 Å². The third-order valence-electron chi connectivity index (χ3n) is 3.92. The highest BCUT2D eigenvalue weighted by molar-refractivity contribution is 7.11. The summed E-state index contributed by atoms with van der Waals surface area (Å²) in [5.74, 6) is 0.489. The van der Waals surface area contributed by atoms with Crippen molar-refractivity contribution < 1.29 is 0 Å². The molecule has 0 aliphatic carbocycles. The molecule has 0 radical (unpaired) electrons. The number of likely N-dealkylation sites (tertiary alicyclic amines) is 1. The van der Waals surface area contributed by atoms with E-state index in [4.69, 9.17) is 0 Å². The lowest BCUT2D eigenvalue weighted by atomic mass is 9.77. The first kappa shape index (κ1) is 14.5. The van der Waals surface area contributed by atoms with E-state index < -0.39 is 0 Å². The Bertz CT molecular complexity index is 470. The summed E-state index contributed by atoms with van der Waals surface area (Å²) in [4.78, 5) is 8.08. The minimum atomic E-state index is 0.0193. The van der Waals surface area contributed by atoms with Gasteiger partial charge in [-0.05, 0) is 24.8 Å². The summed E-state index contributed by atoms with van der Waals surface area (Å²) in [5, 5.41) is 10.7. The lowest BCUT2D eigenvalue weighted by Gasteiger charge is -2.42. The van der Waals surface area contributed by atoms with Gasteiger partial charge in [-0.15, -0.1) is 11.3 Å². The van der Waals surface area contributed by atoms with Crippen LogP contribution >= 0.6 is 11.3 Å². The normalized spacial score (nSPS) is 23.5. The van der Waals surface area contributed by atoms with Gasteiger partial charge in [-0.3, -0.25) is 4.90 Å². The largest absolute Gasteiger partial charge is 0.282 e. The standard InChI is InChI=1S/C15H23N3S/c1-11(2)14-17-9-12(19-14)10-18-7-5-6-15(3,4)13(18)8-16/h9,11,13H,5-7,10H2,1-4H3/t13-/m0/s1. The Morgan fingerprint density at radius 2 is 2.32 bits per heavy atom. The van der Waals surface area contributed by atoms with Crippen LogP contribution in [0.15, 0.2) is 6.20 Å². The maximum Gasteiger partial charge on any atom is 0.103 e. The molecule has 1 aromatic heterocycles. The molecule has 1 saturated heterocycles. The van der Waals surface area contributed by atoms with Crippen molar-refractivity contribution in [3.63, 3.8) is 0 Å². The molecule has 2 heterocycles. The van der Waals surface area contributed by atoms with Gasteiger partial charge in [0.15, 0.2) is 0 Å². The number of nitrogens with zero attached hydrogens (tertiary/aromatic N) is 3. The maximum absolute atomic E-state index is 9.46. The number of hydrogen-bond donors (Lipinski definition) is 0. The molecule has 104 valence electrons. The molecule has 1 aromatic rings. The van der Waals surface area contributed by atoms with Crippen molar-refractivity contribution in [3.05, 3.63) is 16.1 Å². The fraction of sp³-hybridized carbons (Fsp3) is 0.733. The van der Waals surface area contributed by atoms with Crippen LogP contribution in [0.5, 0.6) is 0 Å². The van der Waals surface area contributed by atoms with Crippen molar-refractivity contribution in [2.45, 2.75) is 59.0 Å². The van der Waals surface area contributed by atoms with E-state index >= 15 is 0 Å². The first-order valence-corrected chi connectivity index (χ1v) is 7.84. The maximum atomic E-state index is 9.46. The van der Waals surface area contributed by atoms with E-state index in [-0.39, 0.29) is 11.5 Å². The Labute approximate surface area is 120 Å². The van der Waals surface area contributed by atoms with Gasteiger partial charge in [0, 0.05) is 23.5 Å². The second-order valence-corrected chi connectivity index (χ2v) is 7.56. The average molecular weight is 277 g/mol. The Kier molecular flexibility index (Phi) is 4.27. The third kappa shape index (κ3) is 3.16. The van der Waals surface area contributed by atoms with Crippen molar-refractivity contribution >= 4 is 11.3 Å². The number of hydrogen-bond acceptors (Lipinski definition) is 4. The van der Waals surface area contributed by atoms with Crippen LogP contribution in [-0.4, -0.2) is 22.5 Å². The molecule has 1 aliphatic heterocycles. The highest BCUT2D eigenvalue weighted by atomic mass is 32.1. The zero-order chi connectivity index (χ0) is 14.0. The zero-order valence-electron chi connectivity index (χ0n) is 12.3. The van der Waals surface area contributed by atoms with Gasteiger partial charge in [-0.2, -0.15) is 5.26 Å². The number of piperidine rings is 1. The van der Waals surface area contributed by atoms with Gasteiger partial charge in [0.05, 0.1) is 11.1 Å². The summed E-state index contributed by atoms with van der Waals surface area (Å²) in [6.07, 6.45) is 4.30. The van der Waals surface area contributed by atoms with Crippen molar-refractivity contribution in [2.24, 2.45) is 5.41 Å². The highest BCUT2D eigenvalue weighted by Gasteiger charge is 2.37. The molecule has 1 fully saturated rings. The first-order valence-electron chi connectivity index (χ1n) is 7.02. The smallest absolute Gasteiger partial charge is 0.103 e. The van der Waals surface area contributed by atoms with Crippen LogP contribution in [-0.2, 0) is 6.54 Å². The molecule has 1 atom stereocenters. The quantitative estimate of drug-likeness (QED) is 0.844. The number of thiazole rings is 1. The van der Waals surface area contributed by atoms with Gasteiger partial charge in [0.1, 0.15) is 6.04 Å². The SMILES string of the molecule is CC(C)c1ncc(CN2CCCC(C)(C)[C@@H]2C#N)s1. The van der Waals surface area contributed by atoms with Crippen LogP contribution in [0.25, 0.3) is 0 Å². The molecule has 0 saturated carbocycles. The molecule has 0 aromatic carbocycles. The van der Waals surface area contributed by atoms with Gasteiger partial charge in [-0.1, -0.05) is 27.7 Å². The minimum Gasteiger partial charge on any atom is -0.282 e. The van der Waals surface area contributed by atoms with Gasteiger partial charge >= 0.3 is 0 Å². The van der Waals surface area contributed by atoms with E-state index in [1.165, 1.54) is 16.3 Å². The van der Waals surface area contributed by atoms with Crippen LogP contribution in [0.1, 0.15) is 56.3 Å². The third-order valence-corrected chi connectivity index (χ3v) is 5.20. The summed E-state index contributed by atoms with van der Waals surface area (Å²) in [7, 11) is 0. The molecule has 0 unspecified atom stereocenters. The van der Waals surface area contributed by atoms with Crippen LogP contribution in [0.4, 0.5) is 0 Å². The zero-order valence-corrected chi connectivity index (χ0v) is 13.1. The molecule has 19 heavy (non-hydrogen) atoms. The Morgan fingerprint density at radius 1 is 1.58 bits per heavy atom. The van der Waals surface area contributed by atoms with Crippen molar-refractivity contribution in [2.75, 3.05) is 6.54 Å². The predicted octanol–water partition coefficient (Wildman–Crippen LogP) is 3.78. The van der Waals surface area contributed by atoms with E-state index in [2.05, 4.69) is 43.6 Å². The van der Waals surface area contributed by atoms with Crippen LogP contribution in [0.3, 0.4) is 0 Å². The van der Waals surface area contributed by atoms with Crippen LogP contribution < -0.4 is 0 Å². The van der Waals surface area contributed by atoms with Gasteiger partial charge < -0.3 is 0 Å². The number of rotatable bonds is 3. The fourth-order valence-corrected chi connectivity index (χ4v) is 3.73. The monoisotopic (exact) mass is 277 g/mol. The van der Waals surface area contributed by atoms with E-state index in [1.54, 1.807) is 11.3 Å². The molecular weight excluding hydrogens is 254 g/mol. The van der Waals surface area contributed by atoms with Crippen LogP contribution in [0.2, 0.25) is 0 Å². The number of aromatic nitrogens is 1. The fourth-order valence-electron chi connectivity index (χ4n) is 2.79. The molecule has 4 heteroatoms. The molecule has 2 rings (SSSR count). The lowest BCUT2D eigenvalue weighted by Crippen LogP contribution is -2.48. The second-order valence-electron chi connectivity index (χ2n) is 6.41. The molecule has 1 aliphatic rings. The van der Waals surface area contributed by atoms with Gasteiger partial charge in [0.2, 0.25) is 0 Å². The highest BCUT2D eigenvalue weighted by Crippen LogP contribution is 2.36. The Hall–Kier alpha value is -0.920. The summed E-state index contributed by atoms with van der Waals surface area (Å²) in [6, 6.07) is 2.52. The minimum absolute atomic E-state index is 0.0193. The molecule has 3 nitrogen and oxygen atoms in total. The Morgan fingerprint density at radius 3 is 2.89 bits per heavy atom. The predicted molar refractivity (Wildman–Crippen MR) is 79.0 cm³/mol. The lowest BCUT2D eigenvalue weighted by molar-refractivity contribution is 0.0670. The molecule has 0 spiro atoms. The topological polar surface area (TPSA) is 39.9 Å². The van der Waals surface area contributed by atoms with E-state index in [0.717, 1.165) is 19.5 Å². The van der Waals surface area contributed by atoms with Gasteiger partial charge in [0.25, 0.3) is 0 Å². The molecule has 0 amide bonds. The van der Waals surface area contributed by atoms with Crippen LogP contribution in [0, 0.1) is 16.7 Å².